The average Bonchev–Trinajstić information content (AvgIpc) is 3.24. The number of hydrogen-bond donors (Lipinski definition) is 0. The fourth-order valence-corrected chi connectivity index (χ4v) is 4.39. The van der Waals surface area contributed by atoms with Gasteiger partial charge in [0.2, 0.25) is 0 Å². The molecule has 0 aliphatic carbocycles. The number of rotatable bonds is 5. The molecule has 0 N–H and O–H groups in total. The van der Waals surface area contributed by atoms with E-state index in [2.05, 4.69) is 5.10 Å². The zero-order valence-corrected chi connectivity index (χ0v) is 21.0. The lowest BCUT2D eigenvalue weighted by Gasteiger charge is -2.24. The first kappa shape index (κ1) is 24.9. The molecule has 4 aromatic rings. The summed E-state index contributed by atoms with van der Waals surface area (Å²) in [5.41, 5.74) is 0.547. The van der Waals surface area contributed by atoms with Gasteiger partial charge >= 0.3 is 0 Å². The molecule has 6 nitrogen and oxygen atoms in total. The zero-order valence-electron chi connectivity index (χ0n) is 18.0. The van der Waals surface area contributed by atoms with Crippen LogP contribution < -0.4 is 4.90 Å². The Bertz CT molecular complexity index is 1400. The van der Waals surface area contributed by atoms with Crippen LogP contribution in [0.5, 0.6) is 0 Å². The molecule has 0 saturated heterocycles. The van der Waals surface area contributed by atoms with E-state index in [-0.39, 0.29) is 32.6 Å². The summed E-state index contributed by atoms with van der Waals surface area (Å²) in [4.78, 5) is 41.2. The highest BCUT2D eigenvalue weighted by atomic mass is 35.5. The van der Waals surface area contributed by atoms with Gasteiger partial charge in [-0.1, -0.05) is 64.6 Å². The molecular formula is C25H15Cl4N3O3. The van der Waals surface area contributed by atoms with Gasteiger partial charge in [0, 0.05) is 10.0 Å². The van der Waals surface area contributed by atoms with E-state index in [1.807, 2.05) is 0 Å². The molecule has 0 aliphatic heterocycles. The second-order valence-corrected chi connectivity index (χ2v) is 9.07. The van der Waals surface area contributed by atoms with Crippen LogP contribution in [0.1, 0.15) is 38.0 Å². The van der Waals surface area contributed by atoms with Crippen molar-refractivity contribution in [2.24, 2.45) is 0 Å². The minimum atomic E-state index is -0.803. The second-order valence-electron chi connectivity index (χ2n) is 7.38. The molecule has 0 atom stereocenters. The lowest BCUT2D eigenvalue weighted by molar-refractivity contribution is 0.0896. The van der Waals surface area contributed by atoms with Crippen molar-refractivity contribution in [3.8, 4) is 5.69 Å². The molecule has 2 amide bonds. The van der Waals surface area contributed by atoms with Gasteiger partial charge in [0.05, 0.1) is 38.6 Å². The molecular weight excluding hydrogens is 532 g/mol. The van der Waals surface area contributed by atoms with E-state index >= 15 is 0 Å². The number of ketones is 1. The maximum Gasteiger partial charge on any atom is 0.268 e. The third kappa shape index (κ3) is 4.97. The van der Waals surface area contributed by atoms with E-state index in [0.29, 0.717) is 15.7 Å². The molecule has 1 aromatic heterocycles. The summed E-state index contributed by atoms with van der Waals surface area (Å²) in [5, 5.41) is 4.96. The summed E-state index contributed by atoms with van der Waals surface area (Å²) < 4.78 is 1.33. The van der Waals surface area contributed by atoms with Gasteiger partial charge in [-0.05, 0) is 55.5 Å². The molecule has 0 saturated carbocycles. The predicted molar refractivity (Wildman–Crippen MR) is 138 cm³/mol. The average molecular weight is 547 g/mol. The normalized spacial score (nSPS) is 10.8. The van der Waals surface area contributed by atoms with Crippen molar-refractivity contribution in [1.29, 1.82) is 0 Å². The number of aromatic nitrogens is 2. The van der Waals surface area contributed by atoms with E-state index in [9.17, 15) is 14.4 Å². The summed E-state index contributed by atoms with van der Waals surface area (Å²) in [5.74, 6) is -2.07. The van der Waals surface area contributed by atoms with Gasteiger partial charge in [-0.15, -0.1) is 0 Å². The summed E-state index contributed by atoms with van der Waals surface area (Å²) in [6.07, 6.45) is 1.30. The Morgan fingerprint density at radius 3 is 1.71 bits per heavy atom. The lowest BCUT2D eigenvalue weighted by Crippen LogP contribution is -2.39. The number of hydrogen-bond acceptors (Lipinski definition) is 4. The number of nitrogens with zero attached hydrogens (tertiary/aromatic N) is 3. The first-order valence-electron chi connectivity index (χ1n) is 10.1. The summed E-state index contributed by atoms with van der Waals surface area (Å²) in [7, 11) is 0. The second kappa shape index (κ2) is 10.2. The van der Waals surface area contributed by atoms with Crippen molar-refractivity contribution < 1.29 is 14.4 Å². The molecule has 1 heterocycles. The van der Waals surface area contributed by atoms with Gasteiger partial charge in [-0.2, -0.15) is 5.10 Å². The van der Waals surface area contributed by atoms with Crippen molar-refractivity contribution in [2.75, 3.05) is 4.90 Å². The number of carbonyl (C=O) groups excluding carboxylic acids is 3. The Kier molecular flexibility index (Phi) is 7.28. The van der Waals surface area contributed by atoms with Crippen molar-refractivity contribution >= 4 is 69.8 Å². The molecule has 0 aliphatic rings. The van der Waals surface area contributed by atoms with E-state index in [1.54, 1.807) is 30.3 Å². The molecule has 3 aromatic carbocycles. The third-order valence-corrected chi connectivity index (χ3v) is 6.16. The topological polar surface area (TPSA) is 72.3 Å². The Labute approximate surface area is 220 Å². The van der Waals surface area contributed by atoms with Gasteiger partial charge in [-0.25, -0.2) is 9.58 Å². The molecule has 0 unspecified atom stereocenters. The lowest BCUT2D eigenvalue weighted by atomic mass is 10.1. The Morgan fingerprint density at radius 2 is 1.26 bits per heavy atom. The molecule has 0 spiro atoms. The van der Waals surface area contributed by atoms with Crippen LogP contribution in [0.15, 0.2) is 72.9 Å². The molecule has 10 heteroatoms. The fraction of sp³-hybridized carbons (Fsp3) is 0.0400. The van der Waals surface area contributed by atoms with Crippen LogP contribution in [0.2, 0.25) is 20.1 Å². The minimum Gasteiger partial charge on any atom is -0.294 e. The standard InChI is InChI=1S/C25H15Cl4N3O3/c1-14(33)20-13-30-32(17-5-3-2-4-6-17)23(20)31(24(34)18-9-7-15(26)11-21(18)28)25(35)19-10-8-16(27)12-22(19)29/h2-13H,1H3. The summed E-state index contributed by atoms with van der Waals surface area (Å²) in [6.45, 7) is 1.31. The number of amides is 2. The fourth-order valence-electron chi connectivity index (χ4n) is 3.41. The highest BCUT2D eigenvalue weighted by Crippen LogP contribution is 2.32. The van der Waals surface area contributed by atoms with Crippen LogP contribution in [-0.2, 0) is 0 Å². The SMILES string of the molecule is CC(=O)c1cnn(-c2ccccc2)c1N(C(=O)c1ccc(Cl)cc1Cl)C(=O)c1ccc(Cl)cc1Cl. The minimum absolute atomic E-state index is 0.00943. The Hall–Kier alpha value is -3.16. The smallest absolute Gasteiger partial charge is 0.268 e. The van der Waals surface area contributed by atoms with E-state index < -0.39 is 17.6 Å². The molecule has 0 bridgehead atoms. The molecule has 4 rings (SSSR count). The number of carbonyl (C=O) groups is 3. The molecule has 35 heavy (non-hydrogen) atoms. The van der Waals surface area contributed by atoms with Crippen molar-refractivity contribution in [2.45, 2.75) is 6.92 Å². The van der Waals surface area contributed by atoms with E-state index in [1.165, 1.54) is 54.2 Å². The van der Waals surface area contributed by atoms with Crippen LogP contribution in [0, 0.1) is 0 Å². The Morgan fingerprint density at radius 1 is 0.743 bits per heavy atom. The van der Waals surface area contributed by atoms with Gasteiger partial charge in [0.1, 0.15) is 0 Å². The van der Waals surface area contributed by atoms with Crippen LogP contribution >= 0.6 is 46.4 Å². The Balaban J connectivity index is 2.00. The quantitative estimate of drug-likeness (QED) is 0.196. The van der Waals surface area contributed by atoms with Crippen LogP contribution in [0.25, 0.3) is 5.69 Å². The maximum absolute atomic E-state index is 13.9. The number of para-hydroxylation sites is 1. The highest BCUT2D eigenvalue weighted by molar-refractivity contribution is 6.41. The van der Waals surface area contributed by atoms with Crippen molar-refractivity contribution in [3.05, 3.63) is 110 Å². The third-order valence-electron chi connectivity index (χ3n) is 5.06. The molecule has 0 radical (unpaired) electrons. The largest absolute Gasteiger partial charge is 0.294 e. The number of imide groups is 1. The number of anilines is 1. The predicted octanol–water partition coefficient (Wildman–Crippen LogP) is 7.18. The van der Waals surface area contributed by atoms with Crippen molar-refractivity contribution in [1.82, 2.24) is 9.78 Å². The van der Waals surface area contributed by atoms with Crippen LogP contribution in [0.4, 0.5) is 5.82 Å². The number of benzene rings is 3. The van der Waals surface area contributed by atoms with Gasteiger partial charge in [0.25, 0.3) is 11.8 Å². The van der Waals surface area contributed by atoms with Gasteiger partial charge in [0.15, 0.2) is 11.6 Å². The van der Waals surface area contributed by atoms with Gasteiger partial charge < -0.3 is 0 Å². The number of Topliss-reactive ketones (excluding diaryl/α,β-unsaturated/α-hetero) is 1. The highest BCUT2D eigenvalue weighted by Gasteiger charge is 2.34. The van der Waals surface area contributed by atoms with Crippen LogP contribution in [0.3, 0.4) is 0 Å². The summed E-state index contributed by atoms with van der Waals surface area (Å²) >= 11 is 24.6. The van der Waals surface area contributed by atoms with Crippen molar-refractivity contribution in [3.63, 3.8) is 0 Å². The molecule has 176 valence electrons. The monoisotopic (exact) mass is 545 g/mol. The maximum atomic E-state index is 13.9. The first-order chi connectivity index (χ1) is 16.7. The summed E-state index contributed by atoms with van der Waals surface area (Å²) in [6, 6.07) is 17.3. The van der Waals surface area contributed by atoms with E-state index in [0.717, 1.165) is 4.90 Å². The zero-order chi connectivity index (χ0) is 25.3. The van der Waals surface area contributed by atoms with Crippen LogP contribution in [-0.4, -0.2) is 27.4 Å². The molecule has 0 fully saturated rings. The number of halogens is 4. The first-order valence-corrected chi connectivity index (χ1v) is 11.6. The van der Waals surface area contributed by atoms with E-state index in [4.69, 9.17) is 46.4 Å². The van der Waals surface area contributed by atoms with Gasteiger partial charge in [-0.3, -0.25) is 14.4 Å².